The Balaban J connectivity index is 0.000000243. The van der Waals surface area contributed by atoms with Crippen molar-refractivity contribution >= 4 is 11.4 Å². The highest BCUT2D eigenvalue weighted by Crippen LogP contribution is 2.31. The van der Waals surface area contributed by atoms with Crippen LogP contribution in [0.4, 0.5) is 0 Å². The smallest absolute Gasteiger partial charge is 0.122 e. The molecule has 1 atom stereocenters. The van der Waals surface area contributed by atoms with Crippen LogP contribution in [0.3, 0.4) is 0 Å². The lowest BCUT2D eigenvalue weighted by Crippen LogP contribution is -2.18. The van der Waals surface area contributed by atoms with Crippen LogP contribution >= 0.6 is 0 Å². The maximum absolute atomic E-state index is 5.84. The molecule has 2 heterocycles. The van der Waals surface area contributed by atoms with Gasteiger partial charge >= 0.3 is 0 Å². The van der Waals surface area contributed by atoms with Gasteiger partial charge < -0.3 is 10.1 Å². The molecule has 1 aliphatic carbocycles. The number of aryl methyl sites for hydroxylation is 3. The van der Waals surface area contributed by atoms with Crippen molar-refractivity contribution in [1.82, 2.24) is 15.3 Å². The van der Waals surface area contributed by atoms with Gasteiger partial charge in [0.15, 0.2) is 0 Å². The molecule has 5 heteroatoms. The van der Waals surface area contributed by atoms with Crippen molar-refractivity contribution < 1.29 is 4.74 Å². The van der Waals surface area contributed by atoms with Crippen molar-refractivity contribution in [2.45, 2.75) is 73.3 Å². The molecule has 1 aliphatic heterocycles. The summed E-state index contributed by atoms with van der Waals surface area (Å²) in [6, 6.07) is 6.83. The third-order valence-corrected chi connectivity index (χ3v) is 5.87. The molecule has 2 aliphatic rings. The Morgan fingerprint density at radius 3 is 2.41 bits per heavy atom. The van der Waals surface area contributed by atoms with Gasteiger partial charge in [-0.2, -0.15) is 0 Å². The fourth-order valence-electron chi connectivity index (χ4n) is 4.13. The number of allylic oxidation sites excluding steroid dienone is 2. The Hall–Kier alpha value is -2.95. The van der Waals surface area contributed by atoms with E-state index in [-0.39, 0.29) is 0 Å². The van der Waals surface area contributed by atoms with E-state index in [2.05, 4.69) is 71.4 Å². The van der Waals surface area contributed by atoms with E-state index in [0.29, 0.717) is 6.04 Å². The van der Waals surface area contributed by atoms with E-state index in [0.717, 1.165) is 55.3 Å². The second-order valence-corrected chi connectivity index (χ2v) is 8.25. The van der Waals surface area contributed by atoms with Gasteiger partial charge in [-0.25, -0.2) is 9.97 Å². The molecule has 0 bridgehead atoms. The SMILES string of the molecule is CCCOc1ccc(C2=CCC3N=C(C)NC3=C2)cc1CC.CCc1c(C)ncnc1C. The van der Waals surface area contributed by atoms with Gasteiger partial charge in [0.1, 0.15) is 12.1 Å². The van der Waals surface area contributed by atoms with Gasteiger partial charge in [0.2, 0.25) is 0 Å². The zero-order valence-electron chi connectivity index (χ0n) is 20.3. The molecule has 0 amide bonds. The molecule has 1 N–H and O–H groups in total. The summed E-state index contributed by atoms with van der Waals surface area (Å²) < 4.78 is 5.84. The molecule has 2 aromatic rings. The van der Waals surface area contributed by atoms with Crippen molar-refractivity contribution in [2.75, 3.05) is 6.61 Å². The van der Waals surface area contributed by atoms with Crippen LogP contribution in [0.2, 0.25) is 0 Å². The predicted octanol–water partition coefficient (Wildman–Crippen LogP) is 5.75. The highest BCUT2D eigenvalue weighted by Gasteiger charge is 2.23. The predicted molar refractivity (Wildman–Crippen MR) is 133 cm³/mol. The third kappa shape index (κ3) is 5.64. The maximum Gasteiger partial charge on any atom is 0.122 e. The highest BCUT2D eigenvalue weighted by atomic mass is 16.5. The Morgan fingerprint density at radius 1 is 1.03 bits per heavy atom. The first kappa shape index (κ1) is 23.7. The van der Waals surface area contributed by atoms with Gasteiger partial charge in [-0.3, -0.25) is 4.99 Å². The Kier molecular flexibility index (Phi) is 8.20. The van der Waals surface area contributed by atoms with E-state index < -0.39 is 0 Å². The number of nitrogens with zero attached hydrogens (tertiary/aromatic N) is 3. The molecule has 0 saturated carbocycles. The lowest BCUT2D eigenvalue weighted by molar-refractivity contribution is 0.314. The average molecular weight is 433 g/mol. The summed E-state index contributed by atoms with van der Waals surface area (Å²) in [5.41, 5.74) is 8.53. The number of nitrogens with one attached hydrogen (secondary N) is 1. The highest BCUT2D eigenvalue weighted by molar-refractivity contribution is 5.87. The number of rotatable bonds is 6. The molecule has 32 heavy (non-hydrogen) atoms. The minimum atomic E-state index is 0.293. The Labute approximate surface area is 192 Å². The number of benzene rings is 1. The first-order valence-corrected chi connectivity index (χ1v) is 11.7. The van der Waals surface area contributed by atoms with Crippen LogP contribution in [0.25, 0.3) is 5.57 Å². The minimum absolute atomic E-state index is 0.293. The monoisotopic (exact) mass is 432 g/mol. The molecule has 0 fully saturated rings. The molecular formula is C27H36N4O. The molecule has 170 valence electrons. The van der Waals surface area contributed by atoms with Crippen LogP contribution in [0.5, 0.6) is 5.75 Å². The van der Waals surface area contributed by atoms with Crippen molar-refractivity contribution in [2.24, 2.45) is 4.99 Å². The number of amidine groups is 1. The van der Waals surface area contributed by atoms with Crippen LogP contribution < -0.4 is 10.1 Å². The van der Waals surface area contributed by atoms with Crippen molar-refractivity contribution in [3.63, 3.8) is 0 Å². The van der Waals surface area contributed by atoms with E-state index in [1.54, 1.807) is 6.33 Å². The average Bonchev–Trinajstić information content (AvgIpc) is 3.17. The zero-order chi connectivity index (χ0) is 23.1. The number of aliphatic imine (C=N–C) groups is 1. The molecule has 0 saturated heterocycles. The third-order valence-electron chi connectivity index (χ3n) is 5.87. The standard InChI is InChI=1S/C19H24N2O.C8H12N2/c1-4-10-22-19-9-7-15(11-14(19)5-2)16-6-8-17-18(12-16)21-13(3)20-17;1-4-8-6(2)9-5-10-7(8)3/h6-7,9,11-12,17H,4-5,8,10H2,1-3H3,(H,20,21);5H,4H2,1-3H3. The van der Waals surface area contributed by atoms with Gasteiger partial charge in [0.25, 0.3) is 0 Å². The quantitative estimate of drug-likeness (QED) is 0.631. The largest absolute Gasteiger partial charge is 0.493 e. The second-order valence-electron chi connectivity index (χ2n) is 8.25. The van der Waals surface area contributed by atoms with E-state index in [1.165, 1.54) is 28.0 Å². The number of hydrogen-bond donors (Lipinski definition) is 1. The Morgan fingerprint density at radius 2 is 1.78 bits per heavy atom. The second kappa shape index (κ2) is 11.1. The molecule has 1 aromatic carbocycles. The number of hydrogen-bond acceptors (Lipinski definition) is 5. The molecule has 0 spiro atoms. The van der Waals surface area contributed by atoms with Crippen LogP contribution in [0.15, 0.2) is 47.4 Å². The maximum atomic E-state index is 5.84. The van der Waals surface area contributed by atoms with Crippen LogP contribution in [-0.4, -0.2) is 28.5 Å². The fourth-order valence-corrected chi connectivity index (χ4v) is 4.13. The first-order valence-electron chi connectivity index (χ1n) is 11.7. The summed E-state index contributed by atoms with van der Waals surface area (Å²) in [5.74, 6) is 2.04. The minimum Gasteiger partial charge on any atom is -0.493 e. The van der Waals surface area contributed by atoms with Gasteiger partial charge in [0, 0.05) is 17.1 Å². The lowest BCUT2D eigenvalue weighted by atomic mass is 9.94. The van der Waals surface area contributed by atoms with Crippen molar-refractivity contribution in [1.29, 1.82) is 0 Å². The number of fused-ring (bicyclic) bond motifs is 1. The normalized spacial score (nSPS) is 16.7. The molecule has 1 unspecified atom stereocenters. The van der Waals surface area contributed by atoms with Gasteiger partial charge in [-0.05, 0) is 86.9 Å². The number of ether oxygens (including phenoxy) is 1. The van der Waals surface area contributed by atoms with Crippen LogP contribution in [-0.2, 0) is 12.8 Å². The molecule has 5 nitrogen and oxygen atoms in total. The van der Waals surface area contributed by atoms with Gasteiger partial charge in [-0.15, -0.1) is 0 Å². The van der Waals surface area contributed by atoms with E-state index in [1.807, 2.05) is 20.8 Å². The van der Waals surface area contributed by atoms with Crippen LogP contribution in [0.1, 0.15) is 68.6 Å². The molecule has 1 aromatic heterocycles. The summed E-state index contributed by atoms with van der Waals surface area (Å²) >= 11 is 0. The molecular weight excluding hydrogens is 396 g/mol. The summed E-state index contributed by atoms with van der Waals surface area (Å²) in [6.45, 7) is 13.3. The zero-order valence-corrected chi connectivity index (χ0v) is 20.3. The lowest BCUT2D eigenvalue weighted by Gasteiger charge is -2.17. The number of aromatic nitrogens is 2. The van der Waals surface area contributed by atoms with Crippen LogP contribution in [0, 0.1) is 13.8 Å². The fraction of sp³-hybridized carbons (Fsp3) is 0.444. The summed E-state index contributed by atoms with van der Waals surface area (Å²) in [5, 5.41) is 3.37. The summed E-state index contributed by atoms with van der Waals surface area (Å²) in [4.78, 5) is 12.8. The van der Waals surface area contributed by atoms with Crippen molar-refractivity contribution in [3.05, 3.63) is 70.5 Å². The van der Waals surface area contributed by atoms with E-state index >= 15 is 0 Å². The van der Waals surface area contributed by atoms with E-state index in [4.69, 9.17) is 4.74 Å². The topological polar surface area (TPSA) is 59.4 Å². The summed E-state index contributed by atoms with van der Waals surface area (Å²) in [7, 11) is 0. The van der Waals surface area contributed by atoms with Gasteiger partial charge in [0.05, 0.1) is 18.5 Å². The molecule has 0 radical (unpaired) electrons. The summed E-state index contributed by atoms with van der Waals surface area (Å²) in [6.07, 6.45) is 10.2. The first-order chi connectivity index (χ1) is 15.5. The molecule has 4 rings (SSSR count). The van der Waals surface area contributed by atoms with Crippen molar-refractivity contribution in [3.8, 4) is 5.75 Å². The van der Waals surface area contributed by atoms with E-state index in [9.17, 15) is 0 Å². The van der Waals surface area contributed by atoms with Gasteiger partial charge in [-0.1, -0.05) is 32.9 Å². The Bertz CT molecular complexity index is 1020.